The van der Waals surface area contributed by atoms with Crippen molar-refractivity contribution in [3.63, 3.8) is 0 Å². The zero-order valence-electron chi connectivity index (χ0n) is 17.3. The Morgan fingerprint density at radius 3 is 2.55 bits per heavy atom. The van der Waals surface area contributed by atoms with Crippen LogP contribution in [0.15, 0.2) is 42.9 Å². The molecule has 7 nitrogen and oxygen atoms in total. The van der Waals surface area contributed by atoms with Crippen molar-refractivity contribution in [2.24, 2.45) is 0 Å². The first-order chi connectivity index (χ1) is 14.3. The average molecular weight is 466 g/mol. The van der Waals surface area contributed by atoms with E-state index in [4.69, 9.17) is 4.74 Å². The van der Waals surface area contributed by atoms with E-state index in [1.54, 1.807) is 0 Å². The van der Waals surface area contributed by atoms with E-state index in [-0.39, 0.29) is 30.9 Å². The lowest BCUT2D eigenvalue weighted by molar-refractivity contribution is 0.145. The molecule has 0 spiro atoms. The Bertz CT molecular complexity index is 968. The summed E-state index contributed by atoms with van der Waals surface area (Å²) in [5.74, 6) is 1.78. The lowest BCUT2D eigenvalue weighted by atomic mass is 10.1. The molecule has 31 heavy (non-hydrogen) atoms. The Labute approximate surface area is 194 Å². The number of benzene rings is 1. The van der Waals surface area contributed by atoms with Gasteiger partial charge >= 0.3 is 0 Å². The number of aromatic nitrogens is 3. The summed E-state index contributed by atoms with van der Waals surface area (Å²) in [5, 5.41) is 13.2. The Hall–Kier alpha value is -2.06. The third-order valence-electron chi connectivity index (χ3n) is 5.94. The van der Waals surface area contributed by atoms with Crippen molar-refractivity contribution in [1.82, 2.24) is 19.7 Å². The van der Waals surface area contributed by atoms with Crippen LogP contribution in [0.3, 0.4) is 0 Å². The summed E-state index contributed by atoms with van der Waals surface area (Å²) in [6, 6.07) is 8.68. The number of fused-ring (bicyclic) bond motifs is 1. The third kappa shape index (κ3) is 5.06. The maximum Gasteiger partial charge on any atom is 0.180 e. The van der Waals surface area contributed by atoms with Crippen LogP contribution in [-0.2, 0) is 0 Å². The van der Waals surface area contributed by atoms with Gasteiger partial charge in [-0.25, -0.2) is 9.97 Å². The standard InChI is InChI=1S/C22H27N5O2.2ClH/c28-18-7-11-26(12-8-18)21-22-25-14-20(27(22)13-10-24-21)16-3-5-19(6-4-16)29-15-17-2-1-9-23-17;;/h3-6,10,13-14,17-18,23,28H,1-2,7-9,11-12,15H2;2*1H. The van der Waals surface area contributed by atoms with Crippen molar-refractivity contribution in [3.05, 3.63) is 42.9 Å². The van der Waals surface area contributed by atoms with Gasteiger partial charge in [0.25, 0.3) is 0 Å². The van der Waals surface area contributed by atoms with Crippen molar-refractivity contribution in [2.45, 2.75) is 37.8 Å². The number of hydrogen-bond donors (Lipinski definition) is 2. The molecule has 2 fully saturated rings. The molecule has 0 saturated carbocycles. The Morgan fingerprint density at radius 2 is 1.84 bits per heavy atom. The van der Waals surface area contributed by atoms with Crippen molar-refractivity contribution in [2.75, 3.05) is 31.1 Å². The molecule has 0 radical (unpaired) electrons. The molecule has 168 valence electrons. The number of anilines is 1. The zero-order valence-corrected chi connectivity index (χ0v) is 18.9. The summed E-state index contributed by atoms with van der Waals surface area (Å²) in [7, 11) is 0. The minimum atomic E-state index is -0.202. The van der Waals surface area contributed by atoms with Gasteiger partial charge in [0.15, 0.2) is 11.5 Å². The number of hydrogen-bond acceptors (Lipinski definition) is 6. The van der Waals surface area contributed by atoms with Crippen LogP contribution in [0, 0.1) is 0 Å². The first kappa shape index (κ1) is 23.6. The van der Waals surface area contributed by atoms with Gasteiger partial charge in [0.2, 0.25) is 0 Å². The topological polar surface area (TPSA) is 74.9 Å². The van der Waals surface area contributed by atoms with Crippen LogP contribution in [0.25, 0.3) is 16.9 Å². The largest absolute Gasteiger partial charge is 0.492 e. The van der Waals surface area contributed by atoms with Crippen molar-refractivity contribution < 1.29 is 9.84 Å². The third-order valence-corrected chi connectivity index (χ3v) is 5.94. The maximum absolute atomic E-state index is 9.78. The number of imidazole rings is 1. The Balaban J connectivity index is 0.00000136. The van der Waals surface area contributed by atoms with E-state index < -0.39 is 0 Å². The quantitative estimate of drug-likeness (QED) is 0.601. The SMILES string of the molecule is Cl.Cl.OC1CCN(c2nccn3c(-c4ccc(OCC5CCCN5)cc4)cnc23)CC1. The van der Waals surface area contributed by atoms with E-state index in [1.165, 1.54) is 12.8 Å². The molecule has 1 unspecified atom stereocenters. The highest BCUT2D eigenvalue weighted by atomic mass is 35.5. The summed E-state index contributed by atoms with van der Waals surface area (Å²) in [6.07, 6.45) is 9.44. The maximum atomic E-state index is 9.78. The summed E-state index contributed by atoms with van der Waals surface area (Å²) in [5.41, 5.74) is 2.98. The van der Waals surface area contributed by atoms with Crippen molar-refractivity contribution >= 4 is 36.3 Å². The van der Waals surface area contributed by atoms with Crippen LogP contribution in [0.5, 0.6) is 5.75 Å². The molecule has 9 heteroatoms. The fraction of sp³-hybridized carbons (Fsp3) is 0.455. The molecular weight excluding hydrogens is 437 g/mol. The van der Waals surface area contributed by atoms with Crippen molar-refractivity contribution in [3.8, 4) is 17.0 Å². The van der Waals surface area contributed by atoms with E-state index in [2.05, 4.69) is 36.7 Å². The van der Waals surface area contributed by atoms with Gasteiger partial charge in [-0.2, -0.15) is 0 Å². The number of ether oxygens (including phenoxy) is 1. The van der Waals surface area contributed by atoms with Gasteiger partial charge in [0.05, 0.1) is 18.0 Å². The summed E-state index contributed by atoms with van der Waals surface area (Å²) in [6.45, 7) is 3.42. The molecule has 0 bridgehead atoms. The lowest BCUT2D eigenvalue weighted by Gasteiger charge is -2.30. The van der Waals surface area contributed by atoms with E-state index in [9.17, 15) is 5.11 Å². The zero-order chi connectivity index (χ0) is 19.6. The molecule has 2 aromatic heterocycles. The van der Waals surface area contributed by atoms with Crippen LogP contribution < -0.4 is 15.0 Å². The molecule has 5 rings (SSSR count). The fourth-order valence-electron chi connectivity index (χ4n) is 4.24. The van der Waals surface area contributed by atoms with Gasteiger partial charge in [0.1, 0.15) is 12.4 Å². The minimum Gasteiger partial charge on any atom is -0.492 e. The molecule has 2 aliphatic heterocycles. The number of nitrogens with zero attached hydrogens (tertiary/aromatic N) is 4. The molecular formula is C22H29Cl2N5O2. The van der Waals surface area contributed by atoms with E-state index >= 15 is 0 Å². The molecule has 2 N–H and O–H groups in total. The first-order valence-corrected chi connectivity index (χ1v) is 10.5. The molecule has 1 atom stereocenters. The monoisotopic (exact) mass is 465 g/mol. The number of nitrogens with one attached hydrogen (secondary N) is 1. The highest BCUT2D eigenvalue weighted by molar-refractivity contribution is 5.85. The highest BCUT2D eigenvalue weighted by Crippen LogP contribution is 2.28. The van der Waals surface area contributed by atoms with Gasteiger partial charge < -0.3 is 20.1 Å². The predicted octanol–water partition coefficient (Wildman–Crippen LogP) is 3.33. The minimum absolute atomic E-state index is 0. The van der Waals surface area contributed by atoms with E-state index in [0.717, 1.165) is 60.9 Å². The van der Waals surface area contributed by atoms with Gasteiger partial charge in [-0.15, -0.1) is 24.8 Å². The second-order valence-corrected chi connectivity index (χ2v) is 7.93. The molecule has 2 aliphatic rings. The van der Waals surface area contributed by atoms with Crippen LogP contribution >= 0.6 is 24.8 Å². The van der Waals surface area contributed by atoms with Crippen LogP contribution in [-0.4, -0.2) is 57.9 Å². The van der Waals surface area contributed by atoms with Crippen LogP contribution in [0.2, 0.25) is 0 Å². The van der Waals surface area contributed by atoms with Gasteiger partial charge in [0, 0.05) is 37.1 Å². The molecule has 0 amide bonds. The first-order valence-electron chi connectivity index (χ1n) is 10.5. The Morgan fingerprint density at radius 1 is 1.06 bits per heavy atom. The van der Waals surface area contributed by atoms with Crippen LogP contribution in [0.1, 0.15) is 25.7 Å². The molecule has 1 aromatic carbocycles. The number of piperidine rings is 1. The van der Waals surface area contributed by atoms with Crippen molar-refractivity contribution in [1.29, 1.82) is 0 Å². The fourth-order valence-corrected chi connectivity index (χ4v) is 4.24. The van der Waals surface area contributed by atoms with Gasteiger partial charge in [-0.1, -0.05) is 0 Å². The summed E-state index contributed by atoms with van der Waals surface area (Å²) >= 11 is 0. The molecule has 3 aromatic rings. The number of aliphatic hydroxyl groups is 1. The molecule has 4 heterocycles. The van der Waals surface area contributed by atoms with Gasteiger partial charge in [-0.05, 0) is 56.5 Å². The second-order valence-electron chi connectivity index (χ2n) is 7.93. The number of rotatable bonds is 5. The highest BCUT2D eigenvalue weighted by Gasteiger charge is 2.21. The van der Waals surface area contributed by atoms with E-state index in [1.807, 2.05) is 30.7 Å². The molecule has 2 saturated heterocycles. The molecule has 0 aliphatic carbocycles. The average Bonchev–Trinajstić information content (AvgIpc) is 3.43. The second kappa shape index (κ2) is 10.5. The van der Waals surface area contributed by atoms with Gasteiger partial charge in [-0.3, -0.25) is 4.40 Å². The Kier molecular flexibility index (Phi) is 8.00. The van der Waals surface area contributed by atoms with E-state index in [0.29, 0.717) is 12.6 Å². The summed E-state index contributed by atoms with van der Waals surface area (Å²) in [4.78, 5) is 11.4. The van der Waals surface area contributed by atoms with Crippen LogP contribution in [0.4, 0.5) is 5.82 Å². The smallest absolute Gasteiger partial charge is 0.180 e. The summed E-state index contributed by atoms with van der Waals surface area (Å²) < 4.78 is 8.02. The lowest BCUT2D eigenvalue weighted by Crippen LogP contribution is -2.36. The number of aliphatic hydroxyl groups excluding tert-OH is 1. The predicted molar refractivity (Wildman–Crippen MR) is 127 cm³/mol. The normalized spacial score (nSPS) is 19.1. The number of halogens is 2.